The highest BCUT2D eigenvalue weighted by atomic mass is 16.5. The second kappa shape index (κ2) is 8.17. The van der Waals surface area contributed by atoms with Crippen molar-refractivity contribution in [2.45, 2.75) is 32.2 Å². The molecule has 0 aromatic heterocycles. The molecule has 148 valence electrons. The van der Waals surface area contributed by atoms with Crippen molar-refractivity contribution in [3.05, 3.63) is 18.2 Å². The van der Waals surface area contributed by atoms with E-state index in [1.165, 1.54) is 0 Å². The van der Waals surface area contributed by atoms with E-state index in [4.69, 9.17) is 15.2 Å². The molecule has 2 unspecified atom stereocenters. The van der Waals surface area contributed by atoms with Crippen molar-refractivity contribution in [2.75, 3.05) is 38.8 Å². The van der Waals surface area contributed by atoms with Gasteiger partial charge in [-0.2, -0.15) is 0 Å². The highest BCUT2D eigenvalue weighted by Gasteiger charge is 2.39. The van der Waals surface area contributed by atoms with Crippen LogP contribution in [0.1, 0.15) is 26.2 Å². The van der Waals surface area contributed by atoms with E-state index in [1.807, 2.05) is 11.8 Å². The lowest BCUT2D eigenvalue weighted by Crippen LogP contribution is -2.45. The summed E-state index contributed by atoms with van der Waals surface area (Å²) in [7, 11) is 3.14. The summed E-state index contributed by atoms with van der Waals surface area (Å²) in [6.07, 6.45) is 2.10. The van der Waals surface area contributed by atoms with E-state index >= 15 is 0 Å². The summed E-state index contributed by atoms with van der Waals surface area (Å²) < 4.78 is 10.6. The van der Waals surface area contributed by atoms with Gasteiger partial charge in [0.1, 0.15) is 11.5 Å². The maximum absolute atomic E-state index is 12.9. The van der Waals surface area contributed by atoms with Crippen molar-refractivity contribution in [1.82, 2.24) is 4.90 Å². The number of likely N-dealkylation sites (tertiary alicyclic amines) is 1. The Morgan fingerprint density at radius 1 is 1.22 bits per heavy atom. The molecule has 2 atom stereocenters. The number of hydrogen-bond acceptors (Lipinski definition) is 5. The largest absolute Gasteiger partial charge is 0.497 e. The number of nitrogens with zero attached hydrogens (tertiary/aromatic N) is 2. The fourth-order valence-electron chi connectivity index (χ4n) is 4.02. The number of carbonyl (C=O) groups excluding carboxylic acids is 2. The maximum atomic E-state index is 12.9. The molecule has 0 aliphatic carbocycles. The molecule has 3 rings (SSSR count). The van der Waals surface area contributed by atoms with Crippen molar-refractivity contribution in [3.8, 4) is 11.5 Å². The molecular formula is C20H29N3O4. The summed E-state index contributed by atoms with van der Waals surface area (Å²) in [5.74, 6) is 1.40. The Morgan fingerprint density at radius 3 is 2.52 bits per heavy atom. The number of rotatable bonds is 5. The van der Waals surface area contributed by atoms with Gasteiger partial charge in [0.15, 0.2) is 0 Å². The van der Waals surface area contributed by atoms with Crippen LogP contribution in [0, 0.1) is 11.8 Å². The molecule has 0 bridgehead atoms. The van der Waals surface area contributed by atoms with Gasteiger partial charge < -0.3 is 25.0 Å². The molecule has 2 amide bonds. The molecule has 2 N–H and O–H groups in total. The molecule has 2 fully saturated rings. The first-order valence-electron chi connectivity index (χ1n) is 9.51. The summed E-state index contributed by atoms with van der Waals surface area (Å²) in [5, 5.41) is 0. The van der Waals surface area contributed by atoms with E-state index < -0.39 is 0 Å². The molecule has 0 radical (unpaired) electrons. The minimum absolute atomic E-state index is 0.0534. The number of piperidine rings is 1. The first-order chi connectivity index (χ1) is 12.9. The summed E-state index contributed by atoms with van der Waals surface area (Å²) in [5.41, 5.74) is 6.66. The van der Waals surface area contributed by atoms with E-state index in [1.54, 1.807) is 37.3 Å². The minimum atomic E-state index is -0.309. The van der Waals surface area contributed by atoms with Gasteiger partial charge >= 0.3 is 0 Å². The van der Waals surface area contributed by atoms with E-state index in [9.17, 15) is 9.59 Å². The Hall–Kier alpha value is -2.28. The standard InChI is InChI=1S/C20H29N3O4/c1-13(21)14-6-8-22(9-7-14)20(25)15-10-19(24)23(12-15)17-5-4-16(26-2)11-18(17)27-3/h4-5,11,13-15H,6-10,12,21H2,1-3H3. The molecule has 2 heterocycles. The van der Waals surface area contributed by atoms with Gasteiger partial charge in [0.05, 0.1) is 25.8 Å². The topological polar surface area (TPSA) is 85.1 Å². The highest BCUT2D eigenvalue weighted by Crippen LogP contribution is 2.36. The predicted octanol–water partition coefficient (Wildman–Crippen LogP) is 1.64. The van der Waals surface area contributed by atoms with Crippen LogP contribution < -0.4 is 20.1 Å². The van der Waals surface area contributed by atoms with E-state index in [-0.39, 0.29) is 30.2 Å². The molecule has 0 spiro atoms. The van der Waals surface area contributed by atoms with Crippen LogP contribution >= 0.6 is 0 Å². The number of amides is 2. The first-order valence-corrected chi connectivity index (χ1v) is 9.51. The number of carbonyl (C=O) groups is 2. The second-order valence-electron chi connectivity index (χ2n) is 7.47. The van der Waals surface area contributed by atoms with Gasteiger partial charge in [-0.1, -0.05) is 0 Å². The quantitative estimate of drug-likeness (QED) is 0.846. The highest BCUT2D eigenvalue weighted by molar-refractivity contribution is 6.01. The van der Waals surface area contributed by atoms with Crippen LogP contribution in [0.3, 0.4) is 0 Å². The molecular weight excluding hydrogens is 346 g/mol. The third-order valence-corrected chi connectivity index (χ3v) is 5.75. The Bertz CT molecular complexity index is 698. The maximum Gasteiger partial charge on any atom is 0.228 e. The smallest absolute Gasteiger partial charge is 0.228 e. The molecule has 7 nitrogen and oxygen atoms in total. The van der Waals surface area contributed by atoms with Crippen LogP contribution in [0.2, 0.25) is 0 Å². The summed E-state index contributed by atoms with van der Waals surface area (Å²) >= 11 is 0. The Balaban J connectivity index is 1.68. The van der Waals surface area contributed by atoms with Crippen LogP contribution in [-0.4, -0.2) is 56.6 Å². The van der Waals surface area contributed by atoms with Gasteiger partial charge in [-0.05, 0) is 37.8 Å². The minimum Gasteiger partial charge on any atom is -0.497 e. The Morgan fingerprint density at radius 2 is 1.93 bits per heavy atom. The van der Waals surface area contributed by atoms with Crippen molar-refractivity contribution in [3.63, 3.8) is 0 Å². The van der Waals surface area contributed by atoms with Gasteiger partial charge in [-0.3, -0.25) is 9.59 Å². The average molecular weight is 375 g/mol. The number of benzene rings is 1. The van der Waals surface area contributed by atoms with Crippen molar-refractivity contribution in [2.24, 2.45) is 17.6 Å². The lowest BCUT2D eigenvalue weighted by atomic mass is 9.90. The number of anilines is 1. The van der Waals surface area contributed by atoms with Crippen LogP contribution in [0.5, 0.6) is 11.5 Å². The number of methoxy groups -OCH3 is 2. The molecule has 2 aliphatic heterocycles. The average Bonchev–Trinajstić information content (AvgIpc) is 3.08. The summed E-state index contributed by atoms with van der Waals surface area (Å²) in [6, 6.07) is 5.50. The monoisotopic (exact) mass is 375 g/mol. The van der Waals surface area contributed by atoms with Crippen molar-refractivity contribution in [1.29, 1.82) is 0 Å². The SMILES string of the molecule is COc1ccc(N2CC(C(=O)N3CCC(C(C)N)CC3)CC2=O)c(OC)c1. The van der Waals surface area contributed by atoms with Gasteiger partial charge in [0.25, 0.3) is 0 Å². The normalized spacial score (nSPS) is 22.1. The zero-order valence-corrected chi connectivity index (χ0v) is 16.3. The van der Waals surface area contributed by atoms with E-state index in [0.717, 1.165) is 25.9 Å². The first kappa shape index (κ1) is 19.5. The fourth-order valence-corrected chi connectivity index (χ4v) is 4.02. The van der Waals surface area contributed by atoms with Gasteiger partial charge in [-0.25, -0.2) is 0 Å². The molecule has 2 saturated heterocycles. The summed E-state index contributed by atoms with van der Waals surface area (Å²) in [4.78, 5) is 29.0. The lowest BCUT2D eigenvalue weighted by Gasteiger charge is -2.35. The number of nitrogens with two attached hydrogens (primary N) is 1. The predicted molar refractivity (Wildman–Crippen MR) is 103 cm³/mol. The van der Waals surface area contributed by atoms with Crippen LogP contribution in [0.4, 0.5) is 5.69 Å². The zero-order chi connectivity index (χ0) is 19.6. The number of hydrogen-bond donors (Lipinski definition) is 1. The van der Waals surface area contributed by atoms with Crippen LogP contribution in [-0.2, 0) is 9.59 Å². The third kappa shape index (κ3) is 4.03. The fraction of sp³-hybridized carbons (Fsp3) is 0.600. The van der Waals surface area contributed by atoms with Crippen LogP contribution in [0.25, 0.3) is 0 Å². The molecule has 1 aromatic rings. The number of ether oxygens (including phenoxy) is 2. The Kier molecular flexibility index (Phi) is 5.89. The molecule has 27 heavy (non-hydrogen) atoms. The molecule has 7 heteroatoms. The van der Waals surface area contributed by atoms with Gasteiger partial charge in [0, 0.05) is 38.2 Å². The van der Waals surface area contributed by atoms with Crippen molar-refractivity contribution < 1.29 is 19.1 Å². The van der Waals surface area contributed by atoms with Crippen molar-refractivity contribution >= 4 is 17.5 Å². The molecule has 0 saturated carbocycles. The van der Waals surface area contributed by atoms with E-state index in [0.29, 0.717) is 29.6 Å². The van der Waals surface area contributed by atoms with Gasteiger partial charge in [-0.15, -0.1) is 0 Å². The van der Waals surface area contributed by atoms with Crippen LogP contribution in [0.15, 0.2) is 18.2 Å². The summed E-state index contributed by atoms with van der Waals surface area (Å²) in [6.45, 7) is 3.86. The second-order valence-corrected chi connectivity index (χ2v) is 7.47. The third-order valence-electron chi connectivity index (χ3n) is 5.75. The molecule has 2 aliphatic rings. The van der Waals surface area contributed by atoms with E-state index in [2.05, 4.69) is 0 Å². The molecule has 1 aromatic carbocycles. The Labute approximate surface area is 160 Å². The lowest BCUT2D eigenvalue weighted by molar-refractivity contribution is -0.137. The zero-order valence-electron chi connectivity index (χ0n) is 16.3. The van der Waals surface area contributed by atoms with Gasteiger partial charge in [0.2, 0.25) is 11.8 Å².